The van der Waals surface area contributed by atoms with E-state index in [1.54, 1.807) is 0 Å². The van der Waals surface area contributed by atoms with Crippen LogP contribution in [0.25, 0.3) is 0 Å². The highest BCUT2D eigenvalue weighted by Crippen LogP contribution is 2.27. The minimum Gasteiger partial charge on any atom is -0.305 e. The number of fused-ring (bicyclic) bond motifs is 1. The molecule has 2 rings (SSSR count). The van der Waals surface area contributed by atoms with Crippen molar-refractivity contribution in [2.75, 3.05) is 6.61 Å². The highest BCUT2D eigenvalue weighted by atomic mass is 17.8. The van der Waals surface area contributed by atoms with Crippen molar-refractivity contribution in [3.63, 3.8) is 0 Å². The lowest BCUT2D eigenvalue weighted by Gasteiger charge is -2.11. The molecule has 22 heavy (non-hydrogen) atoms. The fraction of sp³-hybridized carbons (Fsp3) is 0.647. The molecule has 1 heterocycles. The van der Waals surface area contributed by atoms with Gasteiger partial charge in [-0.1, -0.05) is 63.6 Å². The van der Waals surface area contributed by atoms with E-state index in [1.165, 1.54) is 38.5 Å². The smallest absolute Gasteiger partial charge is 0.175 e. The third-order valence-corrected chi connectivity index (χ3v) is 3.90. The Morgan fingerprint density at radius 2 is 1.73 bits per heavy atom. The van der Waals surface area contributed by atoms with Gasteiger partial charge in [-0.3, -0.25) is 0 Å². The monoisotopic (exact) mass is 310 g/mol. The van der Waals surface area contributed by atoms with Crippen LogP contribution in [0.5, 0.6) is 5.75 Å². The maximum atomic E-state index is 5.22. The lowest BCUT2D eigenvalue weighted by Crippen LogP contribution is -2.02. The molecular formula is C17H26O5. The summed E-state index contributed by atoms with van der Waals surface area (Å²) in [6.07, 6.45) is 10.7. The van der Waals surface area contributed by atoms with E-state index in [-0.39, 0.29) is 0 Å². The van der Waals surface area contributed by atoms with Crippen LogP contribution in [-0.4, -0.2) is 6.61 Å². The third kappa shape index (κ3) is 5.93. The van der Waals surface area contributed by atoms with Crippen molar-refractivity contribution < 1.29 is 24.9 Å². The number of rotatable bonds is 8. The molecule has 0 unspecified atom stereocenters. The molecule has 0 atom stereocenters. The Bertz CT molecular complexity index is 422. The van der Waals surface area contributed by atoms with Gasteiger partial charge in [0.2, 0.25) is 0 Å². The van der Waals surface area contributed by atoms with Gasteiger partial charge in [-0.2, -0.15) is 0 Å². The zero-order chi connectivity index (χ0) is 15.5. The van der Waals surface area contributed by atoms with Crippen LogP contribution < -0.4 is 4.89 Å². The predicted octanol–water partition coefficient (Wildman–Crippen LogP) is 4.64. The van der Waals surface area contributed by atoms with Crippen LogP contribution in [0, 0.1) is 0 Å². The minimum atomic E-state index is 0.389. The molecule has 5 heteroatoms. The Kier molecular flexibility index (Phi) is 8.27. The van der Waals surface area contributed by atoms with Crippen LogP contribution in [0.15, 0.2) is 18.2 Å². The fourth-order valence-corrected chi connectivity index (χ4v) is 2.68. The molecule has 0 aliphatic carbocycles. The summed E-state index contributed by atoms with van der Waals surface area (Å²) >= 11 is 0. The van der Waals surface area contributed by atoms with E-state index < -0.39 is 0 Å². The van der Waals surface area contributed by atoms with E-state index in [0.717, 1.165) is 29.7 Å². The lowest BCUT2D eigenvalue weighted by atomic mass is 10.0. The molecule has 0 bridgehead atoms. The van der Waals surface area contributed by atoms with Crippen LogP contribution >= 0.6 is 0 Å². The second-order valence-electron chi connectivity index (χ2n) is 5.64. The van der Waals surface area contributed by atoms with Crippen molar-refractivity contribution in [1.29, 1.82) is 0 Å². The molecule has 1 aromatic carbocycles. The summed E-state index contributed by atoms with van der Waals surface area (Å²) in [5.74, 6) is 0.725. The largest absolute Gasteiger partial charge is 0.305 e. The highest BCUT2D eigenvalue weighted by Gasteiger charge is 2.14. The molecule has 5 nitrogen and oxygen atoms in total. The minimum absolute atomic E-state index is 0.389. The van der Waals surface area contributed by atoms with E-state index in [9.17, 15) is 0 Å². The second kappa shape index (κ2) is 10.6. The average Bonchev–Trinajstić information content (AvgIpc) is 2.66. The molecule has 1 aliphatic heterocycles. The van der Waals surface area contributed by atoms with Crippen molar-refractivity contribution in [3.05, 3.63) is 29.3 Å². The molecule has 0 aromatic heterocycles. The lowest BCUT2D eigenvalue weighted by molar-refractivity contribution is -0.690. The van der Waals surface area contributed by atoms with Crippen molar-refractivity contribution in [2.24, 2.45) is 0 Å². The van der Waals surface area contributed by atoms with Gasteiger partial charge in [0.15, 0.2) is 5.75 Å². The van der Waals surface area contributed by atoms with E-state index >= 15 is 0 Å². The third-order valence-electron chi connectivity index (χ3n) is 3.90. The van der Waals surface area contributed by atoms with Gasteiger partial charge in [-0.15, -0.1) is 0 Å². The van der Waals surface area contributed by atoms with Gasteiger partial charge in [0.1, 0.15) is 0 Å². The summed E-state index contributed by atoms with van der Waals surface area (Å²) in [7, 11) is 0. The van der Waals surface area contributed by atoms with Crippen molar-refractivity contribution in [2.45, 2.75) is 64.7 Å². The maximum Gasteiger partial charge on any atom is 0.175 e. The van der Waals surface area contributed by atoms with Gasteiger partial charge < -0.3 is 4.89 Å². The van der Waals surface area contributed by atoms with Crippen LogP contribution in [0.1, 0.15) is 63.0 Å². The quantitative estimate of drug-likeness (QED) is 0.517. The maximum absolute atomic E-state index is 5.22. The van der Waals surface area contributed by atoms with E-state index in [1.807, 2.05) is 12.1 Å². The molecule has 0 fully saturated rings. The first-order valence-electron chi connectivity index (χ1n) is 8.32. The number of benzene rings is 1. The number of hydrogen-bond donors (Lipinski definition) is 0. The van der Waals surface area contributed by atoms with E-state index in [2.05, 4.69) is 28.1 Å². The number of aryl methyl sites for hydroxylation is 1. The van der Waals surface area contributed by atoms with Gasteiger partial charge in [0.25, 0.3) is 0 Å². The SMILES string of the molecule is CCCCCCCCCc1cccc2c1OOOOOCC2. The zero-order valence-corrected chi connectivity index (χ0v) is 13.3. The van der Waals surface area contributed by atoms with Gasteiger partial charge in [0.05, 0.1) is 6.61 Å². The van der Waals surface area contributed by atoms with Gasteiger partial charge in [0, 0.05) is 22.1 Å². The molecule has 0 saturated heterocycles. The van der Waals surface area contributed by atoms with Gasteiger partial charge in [-0.25, -0.2) is 4.89 Å². The molecule has 0 spiro atoms. The zero-order valence-electron chi connectivity index (χ0n) is 13.3. The fourth-order valence-electron chi connectivity index (χ4n) is 2.68. The second-order valence-corrected chi connectivity index (χ2v) is 5.64. The molecule has 0 radical (unpaired) electrons. The van der Waals surface area contributed by atoms with Crippen molar-refractivity contribution in [1.82, 2.24) is 0 Å². The predicted molar refractivity (Wildman–Crippen MR) is 81.7 cm³/mol. The first-order chi connectivity index (χ1) is 10.9. The van der Waals surface area contributed by atoms with E-state index in [4.69, 9.17) is 9.78 Å². The Labute approximate surface area is 132 Å². The van der Waals surface area contributed by atoms with Crippen LogP contribution in [-0.2, 0) is 32.8 Å². The Balaban J connectivity index is 1.81. The Morgan fingerprint density at radius 3 is 2.59 bits per heavy atom. The van der Waals surface area contributed by atoms with Crippen LogP contribution in [0.4, 0.5) is 0 Å². The molecule has 1 aliphatic rings. The summed E-state index contributed by atoms with van der Waals surface area (Å²) < 4.78 is 0. The topological polar surface area (TPSA) is 46.2 Å². The molecule has 124 valence electrons. The normalized spacial score (nSPS) is 15.3. The van der Waals surface area contributed by atoms with Gasteiger partial charge >= 0.3 is 0 Å². The summed E-state index contributed by atoms with van der Waals surface area (Å²) in [6, 6.07) is 6.11. The van der Waals surface area contributed by atoms with E-state index in [0.29, 0.717) is 13.0 Å². The molecule has 0 amide bonds. The number of unbranched alkanes of at least 4 members (excludes halogenated alkanes) is 6. The number of para-hydroxylation sites is 1. The highest BCUT2D eigenvalue weighted by molar-refractivity contribution is 5.41. The Hall–Kier alpha value is -1.14. The molecule has 0 saturated carbocycles. The summed E-state index contributed by atoms with van der Waals surface area (Å²) in [4.78, 5) is 9.99. The summed E-state index contributed by atoms with van der Waals surface area (Å²) in [5, 5.41) is 13.2. The summed E-state index contributed by atoms with van der Waals surface area (Å²) in [6.45, 7) is 2.63. The standard InChI is InChI=1S/C17H26O5/c1-2-3-4-5-6-7-8-10-15-11-9-12-16-13-14-18-20-22-21-19-17(15)16/h9,11-12H,2-8,10,13-14H2,1H3. The van der Waals surface area contributed by atoms with Gasteiger partial charge in [-0.05, 0) is 23.4 Å². The van der Waals surface area contributed by atoms with Crippen LogP contribution in [0.3, 0.4) is 0 Å². The van der Waals surface area contributed by atoms with Crippen LogP contribution in [0.2, 0.25) is 0 Å². The van der Waals surface area contributed by atoms with Crippen molar-refractivity contribution in [3.8, 4) is 5.75 Å². The molecule has 1 aromatic rings. The Morgan fingerprint density at radius 1 is 0.909 bits per heavy atom. The summed E-state index contributed by atoms with van der Waals surface area (Å²) in [5.41, 5.74) is 2.17. The first kappa shape index (κ1) is 17.2. The first-order valence-corrected chi connectivity index (χ1v) is 8.32. The average molecular weight is 310 g/mol. The van der Waals surface area contributed by atoms with Crippen molar-refractivity contribution >= 4 is 0 Å². The molecular weight excluding hydrogens is 284 g/mol. The number of hydrogen-bond acceptors (Lipinski definition) is 5. The molecule has 0 N–H and O–H groups in total.